The Morgan fingerprint density at radius 3 is 1.65 bits per heavy atom. The lowest BCUT2D eigenvalue weighted by Gasteiger charge is -2.28. The first-order valence-electron chi connectivity index (χ1n) is 15.7. The van der Waals surface area contributed by atoms with Gasteiger partial charge in [-0.25, -0.2) is 0 Å². The minimum atomic E-state index is -4.59. The van der Waals surface area contributed by atoms with Crippen molar-refractivity contribution in [2.24, 2.45) is 0 Å². The van der Waals surface area contributed by atoms with E-state index in [1.165, 1.54) is 64.2 Å². The molecule has 0 N–H and O–H groups in total. The summed E-state index contributed by atoms with van der Waals surface area (Å²) >= 11 is 0. The third kappa shape index (κ3) is 27.2. The van der Waals surface area contributed by atoms with Gasteiger partial charge in [0.25, 0.3) is 7.82 Å². The molecule has 40 heavy (non-hydrogen) atoms. The topological polar surface area (TPSA) is 111 Å². The van der Waals surface area contributed by atoms with Gasteiger partial charge in [0.15, 0.2) is 6.10 Å². The molecule has 0 saturated carbocycles. The molecule has 0 bridgehead atoms. The second-order valence-electron chi connectivity index (χ2n) is 11.8. The predicted molar refractivity (Wildman–Crippen MR) is 158 cm³/mol. The van der Waals surface area contributed by atoms with Crippen molar-refractivity contribution in [1.29, 1.82) is 0 Å². The Hall–Kier alpha value is -0.990. The van der Waals surface area contributed by atoms with Gasteiger partial charge >= 0.3 is 11.9 Å². The van der Waals surface area contributed by atoms with E-state index in [0.29, 0.717) is 17.4 Å². The summed E-state index contributed by atoms with van der Waals surface area (Å²) in [7, 11) is 1.17. The average Bonchev–Trinajstić information content (AvgIpc) is 2.87. The first-order chi connectivity index (χ1) is 19.0. The SMILES string of the molecule is CCCCCCCCCCCCCCCC(=O)OC[C@H](COP(=O)([O-])OCC[N+](C)(C)C)OC(=O)CCCCC. The minimum absolute atomic E-state index is 0.0279. The van der Waals surface area contributed by atoms with Crippen LogP contribution < -0.4 is 4.89 Å². The molecule has 0 rings (SSSR count). The van der Waals surface area contributed by atoms with Crippen molar-refractivity contribution < 1.29 is 42.1 Å². The fraction of sp³-hybridized carbons (Fsp3) is 0.933. The number of hydrogen-bond acceptors (Lipinski definition) is 8. The van der Waals surface area contributed by atoms with Gasteiger partial charge in [-0.3, -0.25) is 14.2 Å². The van der Waals surface area contributed by atoms with E-state index in [1.807, 2.05) is 28.1 Å². The van der Waals surface area contributed by atoms with Crippen LogP contribution in [0.4, 0.5) is 0 Å². The molecule has 0 aromatic rings. The van der Waals surface area contributed by atoms with Gasteiger partial charge in [-0.2, -0.15) is 0 Å². The molecule has 0 heterocycles. The molecule has 0 aliphatic carbocycles. The number of phosphoric acid groups is 1. The van der Waals surface area contributed by atoms with E-state index in [0.717, 1.165) is 32.1 Å². The first-order valence-corrected chi connectivity index (χ1v) is 17.2. The number of likely N-dealkylation sites (N-methyl/N-ethyl adjacent to an activating group) is 1. The van der Waals surface area contributed by atoms with Gasteiger partial charge in [-0.1, -0.05) is 104 Å². The number of nitrogens with zero attached hydrogens (tertiary/aromatic N) is 1. The van der Waals surface area contributed by atoms with Crippen LogP contribution in [-0.4, -0.2) is 70.0 Å². The summed E-state index contributed by atoms with van der Waals surface area (Å²) < 4.78 is 33.2. The highest BCUT2D eigenvalue weighted by atomic mass is 31.2. The van der Waals surface area contributed by atoms with Crippen LogP contribution >= 0.6 is 7.82 Å². The normalized spacial score (nSPS) is 14.1. The molecule has 9 nitrogen and oxygen atoms in total. The van der Waals surface area contributed by atoms with E-state index >= 15 is 0 Å². The van der Waals surface area contributed by atoms with E-state index in [4.69, 9.17) is 18.5 Å². The van der Waals surface area contributed by atoms with Crippen LogP contribution in [-0.2, 0) is 32.7 Å². The van der Waals surface area contributed by atoms with Gasteiger partial charge in [-0.05, 0) is 12.8 Å². The minimum Gasteiger partial charge on any atom is -0.756 e. The van der Waals surface area contributed by atoms with Crippen molar-refractivity contribution in [2.75, 3.05) is 47.5 Å². The van der Waals surface area contributed by atoms with Crippen molar-refractivity contribution in [2.45, 2.75) is 136 Å². The molecule has 0 radical (unpaired) electrons. The van der Waals surface area contributed by atoms with Crippen molar-refractivity contribution in [1.82, 2.24) is 0 Å². The van der Waals surface area contributed by atoms with Crippen LogP contribution in [0.1, 0.15) is 129 Å². The van der Waals surface area contributed by atoms with E-state index in [1.54, 1.807) is 0 Å². The molecule has 0 aromatic carbocycles. The zero-order chi connectivity index (χ0) is 30.1. The maximum atomic E-state index is 12.2. The number of ether oxygens (including phenoxy) is 2. The maximum absolute atomic E-state index is 12.2. The molecule has 0 spiro atoms. The van der Waals surface area contributed by atoms with Gasteiger partial charge in [0.1, 0.15) is 19.8 Å². The lowest BCUT2D eigenvalue weighted by Crippen LogP contribution is -2.37. The van der Waals surface area contributed by atoms with E-state index in [2.05, 4.69) is 6.92 Å². The predicted octanol–water partition coefficient (Wildman–Crippen LogP) is 6.71. The molecule has 0 aromatic heterocycles. The van der Waals surface area contributed by atoms with Crippen LogP contribution in [0.5, 0.6) is 0 Å². The van der Waals surface area contributed by atoms with Crippen molar-refractivity contribution >= 4 is 19.8 Å². The Balaban J connectivity index is 4.27. The third-order valence-electron chi connectivity index (χ3n) is 6.63. The van der Waals surface area contributed by atoms with Crippen molar-refractivity contribution in [3.63, 3.8) is 0 Å². The summed E-state index contributed by atoms with van der Waals surface area (Å²) in [5.41, 5.74) is 0. The zero-order valence-corrected chi connectivity index (χ0v) is 27.2. The summed E-state index contributed by atoms with van der Waals surface area (Å²) in [4.78, 5) is 36.6. The highest BCUT2D eigenvalue weighted by Gasteiger charge is 2.21. The fourth-order valence-electron chi connectivity index (χ4n) is 4.06. The summed E-state index contributed by atoms with van der Waals surface area (Å²) in [6, 6.07) is 0. The Morgan fingerprint density at radius 2 is 1.12 bits per heavy atom. The van der Waals surface area contributed by atoms with Crippen molar-refractivity contribution in [3.05, 3.63) is 0 Å². The van der Waals surface area contributed by atoms with Gasteiger partial charge in [0.05, 0.1) is 27.7 Å². The highest BCUT2D eigenvalue weighted by Crippen LogP contribution is 2.38. The molecule has 0 fully saturated rings. The fourth-order valence-corrected chi connectivity index (χ4v) is 4.79. The number of quaternary nitrogens is 1. The Kier molecular flexibility index (Phi) is 24.0. The van der Waals surface area contributed by atoms with Crippen LogP contribution in [0.2, 0.25) is 0 Å². The van der Waals surface area contributed by atoms with Crippen LogP contribution in [0.15, 0.2) is 0 Å². The summed E-state index contributed by atoms with van der Waals surface area (Å²) in [6.45, 7) is 4.01. The summed E-state index contributed by atoms with van der Waals surface area (Å²) in [6.07, 6.45) is 17.9. The smallest absolute Gasteiger partial charge is 0.306 e. The molecular weight excluding hydrogens is 533 g/mol. The van der Waals surface area contributed by atoms with E-state index in [9.17, 15) is 19.0 Å². The Morgan fingerprint density at radius 1 is 0.675 bits per heavy atom. The molecule has 1 unspecified atom stereocenters. The second-order valence-corrected chi connectivity index (χ2v) is 13.2. The number of hydrogen-bond donors (Lipinski definition) is 0. The van der Waals surface area contributed by atoms with Gasteiger partial charge < -0.3 is 27.9 Å². The average molecular weight is 594 g/mol. The third-order valence-corrected chi connectivity index (χ3v) is 7.59. The number of unbranched alkanes of at least 4 members (excludes halogenated alkanes) is 14. The number of esters is 2. The lowest BCUT2D eigenvalue weighted by molar-refractivity contribution is -0.870. The van der Waals surface area contributed by atoms with E-state index in [-0.39, 0.29) is 32.0 Å². The molecule has 2 atom stereocenters. The molecule has 0 amide bonds. The second kappa shape index (κ2) is 24.6. The van der Waals surface area contributed by atoms with Gasteiger partial charge in [-0.15, -0.1) is 0 Å². The molecule has 0 saturated heterocycles. The molecule has 238 valence electrons. The monoisotopic (exact) mass is 593 g/mol. The molecule has 10 heteroatoms. The summed E-state index contributed by atoms with van der Waals surface area (Å²) in [5, 5.41) is 0. The Bertz CT molecular complexity index is 683. The van der Waals surface area contributed by atoms with Crippen molar-refractivity contribution in [3.8, 4) is 0 Å². The maximum Gasteiger partial charge on any atom is 0.306 e. The number of phosphoric ester groups is 1. The van der Waals surface area contributed by atoms with Crippen LogP contribution in [0.25, 0.3) is 0 Å². The highest BCUT2D eigenvalue weighted by molar-refractivity contribution is 7.45. The zero-order valence-electron chi connectivity index (χ0n) is 26.3. The van der Waals surface area contributed by atoms with E-state index < -0.39 is 26.5 Å². The number of carbonyl (C=O) groups is 2. The first kappa shape index (κ1) is 39.0. The number of rotatable bonds is 28. The molecule has 0 aliphatic rings. The molecular formula is C30H60NO8P. The summed E-state index contributed by atoms with van der Waals surface area (Å²) in [5.74, 6) is -0.860. The quantitative estimate of drug-likeness (QED) is 0.0426. The van der Waals surface area contributed by atoms with Crippen LogP contribution in [0, 0.1) is 0 Å². The standard InChI is InChI=1S/C30H60NO8P/c1-6-8-10-11-12-13-14-15-16-17-18-19-21-22-29(32)36-26-28(39-30(33)23-20-9-7-2)27-38-40(34,35)37-25-24-31(3,4)5/h28H,6-27H2,1-5H3/t28-/m1/s1. The van der Waals surface area contributed by atoms with Gasteiger partial charge in [0.2, 0.25) is 0 Å². The largest absolute Gasteiger partial charge is 0.756 e. The molecule has 0 aliphatic heterocycles. The Labute approximate surface area is 244 Å². The number of carbonyl (C=O) groups excluding carboxylic acids is 2. The lowest BCUT2D eigenvalue weighted by atomic mass is 10.0. The van der Waals surface area contributed by atoms with Crippen LogP contribution in [0.3, 0.4) is 0 Å². The van der Waals surface area contributed by atoms with Gasteiger partial charge in [0, 0.05) is 12.8 Å².